The van der Waals surface area contributed by atoms with Gasteiger partial charge < -0.3 is 15.0 Å². The van der Waals surface area contributed by atoms with E-state index in [-0.39, 0.29) is 12.6 Å². The first-order valence-corrected chi connectivity index (χ1v) is 5.64. The minimum Gasteiger partial charge on any atom is -0.392 e. The highest BCUT2D eigenvalue weighted by Gasteiger charge is 2.09. The molecule has 1 unspecified atom stereocenters. The van der Waals surface area contributed by atoms with Crippen molar-refractivity contribution in [1.82, 2.24) is 9.55 Å². The zero-order valence-corrected chi connectivity index (χ0v) is 10.1. The molecule has 4 heteroatoms. The number of aryl methyl sites for hydroxylation is 1. The molecule has 0 saturated heterocycles. The summed E-state index contributed by atoms with van der Waals surface area (Å²) < 4.78 is 1.99. The molecular weight excluding hydrogens is 214 g/mol. The molecule has 0 fully saturated rings. The van der Waals surface area contributed by atoms with Crippen LogP contribution in [0.1, 0.15) is 24.4 Å². The van der Waals surface area contributed by atoms with Crippen LogP contribution in [0.3, 0.4) is 0 Å². The van der Waals surface area contributed by atoms with E-state index in [1.165, 1.54) is 0 Å². The van der Waals surface area contributed by atoms with E-state index in [9.17, 15) is 0 Å². The van der Waals surface area contributed by atoms with Gasteiger partial charge in [-0.1, -0.05) is 12.1 Å². The lowest BCUT2D eigenvalue weighted by atomic mass is 10.2. The number of hydrogen-bond acceptors (Lipinski definition) is 3. The maximum atomic E-state index is 9.08. The molecule has 0 spiro atoms. The van der Waals surface area contributed by atoms with Crippen molar-refractivity contribution in [3.63, 3.8) is 0 Å². The number of benzene rings is 1. The Morgan fingerprint density at radius 1 is 1.47 bits per heavy atom. The third-order valence-corrected chi connectivity index (χ3v) is 2.74. The second-order valence-corrected chi connectivity index (χ2v) is 4.12. The highest BCUT2D eigenvalue weighted by molar-refractivity contribution is 5.46. The summed E-state index contributed by atoms with van der Waals surface area (Å²) in [5.41, 5.74) is 1.90. The molecule has 17 heavy (non-hydrogen) atoms. The van der Waals surface area contributed by atoms with Crippen molar-refractivity contribution in [3.05, 3.63) is 48.0 Å². The predicted octanol–water partition coefficient (Wildman–Crippen LogP) is 2.09. The predicted molar refractivity (Wildman–Crippen MR) is 67.6 cm³/mol. The summed E-state index contributed by atoms with van der Waals surface area (Å²) in [6, 6.07) is 7.89. The van der Waals surface area contributed by atoms with Crippen LogP contribution in [0.15, 0.2) is 36.7 Å². The lowest BCUT2D eigenvalue weighted by molar-refractivity contribution is 0.282. The van der Waals surface area contributed by atoms with Gasteiger partial charge in [0.15, 0.2) is 0 Å². The van der Waals surface area contributed by atoms with E-state index >= 15 is 0 Å². The number of nitrogens with one attached hydrogen (secondary N) is 1. The van der Waals surface area contributed by atoms with Crippen LogP contribution in [0.4, 0.5) is 5.69 Å². The van der Waals surface area contributed by atoms with Crippen molar-refractivity contribution in [2.75, 3.05) is 5.32 Å². The van der Waals surface area contributed by atoms with Gasteiger partial charge in [-0.3, -0.25) is 0 Å². The van der Waals surface area contributed by atoms with E-state index in [2.05, 4.69) is 17.2 Å². The van der Waals surface area contributed by atoms with Gasteiger partial charge in [-0.25, -0.2) is 4.98 Å². The summed E-state index contributed by atoms with van der Waals surface area (Å²) in [6.07, 6.45) is 3.72. The van der Waals surface area contributed by atoms with Crippen molar-refractivity contribution < 1.29 is 5.11 Å². The smallest absolute Gasteiger partial charge is 0.130 e. The molecular formula is C13H17N3O. The van der Waals surface area contributed by atoms with Crippen LogP contribution in [-0.2, 0) is 13.7 Å². The van der Waals surface area contributed by atoms with Crippen LogP contribution in [0.2, 0.25) is 0 Å². The molecule has 0 bridgehead atoms. The monoisotopic (exact) mass is 231 g/mol. The number of nitrogens with zero attached hydrogens (tertiary/aromatic N) is 2. The molecule has 0 saturated carbocycles. The average Bonchev–Trinajstić information content (AvgIpc) is 2.76. The number of anilines is 1. The minimum atomic E-state index is 0.0618. The summed E-state index contributed by atoms with van der Waals surface area (Å²) in [6.45, 7) is 2.13. The molecule has 1 heterocycles. The fraction of sp³-hybridized carbons (Fsp3) is 0.308. The molecule has 2 aromatic rings. The Bertz CT molecular complexity index is 493. The maximum Gasteiger partial charge on any atom is 0.130 e. The first kappa shape index (κ1) is 11.7. The fourth-order valence-electron chi connectivity index (χ4n) is 1.87. The van der Waals surface area contributed by atoms with E-state index in [0.717, 1.165) is 17.1 Å². The van der Waals surface area contributed by atoms with Crippen molar-refractivity contribution in [1.29, 1.82) is 0 Å². The molecule has 0 aliphatic heterocycles. The van der Waals surface area contributed by atoms with Gasteiger partial charge in [0.25, 0.3) is 0 Å². The molecule has 1 aromatic carbocycles. The number of imidazole rings is 1. The zero-order valence-electron chi connectivity index (χ0n) is 10.1. The Hall–Kier alpha value is -1.81. The molecule has 0 aliphatic rings. The van der Waals surface area contributed by atoms with Gasteiger partial charge in [0.1, 0.15) is 5.82 Å². The van der Waals surface area contributed by atoms with Crippen molar-refractivity contribution in [3.8, 4) is 0 Å². The van der Waals surface area contributed by atoms with E-state index in [0.29, 0.717) is 0 Å². The molecule has 0 aliphatic carbocycles. The summed E-state index contributed by atoms with van der Waals surface area (Å²) >= 11 is 0. The number of aliphatic hydroxyl groups is 1. The summed E-state index contributed by atoms with van der Waals surface area (Å²) in [5.74, 6) is 0.986. The molecule has 1 aromatic heterocycles. The topological polar surface area (TPSA) is 50.1 Å². The maximum absolute atomic E-state index is 9.08. The minimum absolute atomic E-state index is 0.0618. The first-order chi connectivity index (χ1) is 8.20. The van der Waals surface area contributed by atoms with Crippen molar-refractivity contribution in [2.45, 2.75) is 19.6 Å². The summed E-state index contributed by atoms with van der Waals surface area (Å²) in [5, 5.41) is 12.4. The summed E-state index contributed by atoms with van der Waals surface area (Å²) in [7, 11) is 1.98. The van der Waals surface area contributed by atoms with Gasteiger partial charge >= 0.3 is 0 Å². The Morgan fingerprint density at radius 3 is 2.94 bits per heavy atom. The van der Waals surface area contributed by atoms with Crippen LogP contribution in [0, 0.1) is 0 Å². The number of aromatic nitrogens is 2. The quantitative estimate of drug-likeness (QED) is 0.847. The Labute approximate surface area is 101 Å². The second-order valence-electron chi connectivity index (χ2n) is 4.12. The van der Waals surface area contributed by atoms with Gasteiger partial charge in [-0.15, -0.1) is 0 Å². The van der Waals surface area contributed by atoms with Crippen LogP contribution in [-0.4, -0.2) is 14.7 Å². The highest BCUT2D eigenvalue weighted by Crippen LogP contribution is 2.18. The Kier molecular flexibility index (Phi) is 3.44. The molecule has 0 amide bonds. The molecule has 1 atom stereocenters. The normalized spacial score (nSPS) is 12.4. The van der Waals surface area contributed by atoms with E-state index in [1.807, 2.05) is 42.1 Å². The number of hydrogen-bond donors (Lipinski definition) is 2. The lowest BCUT2D eigenvalue weighted by Crippen LogP contribution is -2.11. The third-order valence-electron chi connectivity index (χ3n) is 2.74. The van der Waals surface area contributed by atoms with Crippen LogP contribution >= 0.6 is 0 Å². The average molecular weight is 231 g/mol. The van der Waals surface area contributed by atoms with E-state index in [4.69, 9.17) is 5.11 Å². The van der Waals surface area contributed by atoms with Crippen molar-refractivity contribution in [2.24, 2.45) is 7.05 Å². The molecule has 4 nitrogen and oxygen atoms in total. The van der Waals surface area contributed by atoms with E-state index < -0.39 is 0 Å². The second kappa shape index (κ2) is 5.01. The van der Waals surface area contributed by atoms with Crippen LogP contribution in [0.25, 0.3) is 0 Å². The van der Waals surface area contributed by atoms with Crippen LogP contribution in [0.5, 0.6) is 0 Å². The molecule has 90 valence electrons. The highest BCUT2D eigenvalue weighted by atomic mass is 16.3. The molecule has 0 radical (unpaired) electrons. The standard InChI is InChI=1S/C13H17N3O/c1-10(13-14-6-7-16(13)2)15-12-5-3-4-11(8-12)9-17/h3-8,10,15,17H,9H2,1-2H3. The van der Waals surface area contributed by atoms with Gasteiger partial charge in [0.2, 0.25) is 0 Å². The van der Waals surface area contributed by atoms with E-state index in [1.54, 1.807) is 6.20 Å². The Balaban J connectivity index is 2.13. The largest absolute Gasteiger partial charge is 0.392 e. The number of aliphatic hydroxyl groups excluding tert-OH is 1. The van der Waals surface area contributed by atoms with Crippen LogP contribution < -0.4 is 5.32 Å². The zero-order chi connectivity index (χ0) is 12.3. The SMILES string of the molecule is CC(Nc1cccc(CO)c1)c1nccn1C. The third kappa shape index (κ3) is 2.65. The summed E-state index contributed by atoms with van der Waals surface area (Å²) in [4.78, 5) is 4.31. The Morgan fingerprint density at radius 2 is 2.29 bits per heavy atom. The molecule has 2 N–H and O–H groups in total. The number of rotatable bonds is 4. The van der Waals surface area contributed by atoms with Gasteiger partial charge in [0, 0.05) is 25.1 Å². The fourth-order valence-corrected chi connectivity index (χ4v) is 1.87. The van der Waals surface area contributed by atoms with Crippen molar-refractivity contribution >= 4 is 5.69 Å². The lowest BCUT2D eigenvalue weighted by Gasteiger charge is -2.15. The van der Waals surface area contributed by atoms with Gasteiger partial charge in [0.05, 0.1) is 12.6 Å². The van der Waals surface area contributed by atoms with Gasteiger partial charge in [-0.2, -0.15) is 0 Å². The van der Waals surface area contributed by atoms with Gasteiger partial charge in [-0.05, 0) is 24.6 Å². The molecule has 2 rings (SSSR count). The first-order valence-electron chi connectivity index (χ1n) is 5.64.